The maximum absolute atomic E-state index is 2.31. The van der Waals surface area contributed by atoms with Gasteiger partial charge in [0.1, 0.15) is 0 Å². The molecule has 0 saturated heterocycles. The highest BCUT2D eigenvalue weighted by Gasteiger charge is 2.20. The molecular formula is C20H32F6I+. The fraction of sp³-hybridized carbons (Fsp3) is 0.400. The predicted molar refractivity (Wildman–Crippen MR) is 103 cm³/mol. The van der Waals surface area contributed by atoms with Crippen LogP contribution in [0.25, 0.3) is 0 Å². The average Bonchev–Trinajstić information content (AvgIpc) is 2.38. The SMILES string of the molecule is CC(C)(C)c1ccc([I+]c2ccc(C(C)(C)C)cc2)cc1.F.F.F.F.F.F. The first-order chi connectivity index (χ1) is 9.66. The highest BCUT2D eigenvalue weighted by molar-refractivity contribution is 5.23. The molecule has 0 atom stereocenters. The van der Waals surface area contributed by atoms with Gasteiger partial charge in [0, 0.05) is 0 Å². The van der Waals surface area contributed by atoms with E-state index in [1.165, 1.54) is 18.3 Å². The zero-order chi connectivity index (χ0) is 15.7. The molecule has 27 heavy (non-hydrogen) atoms. The lowest BCUT2D eigenvalue weighted by Gasteiger charge is -2.18. The molecule has 0 heterocycles. The van der Waals surface area contributed by atoms with Gasteiger partial charge in [0.05, 0.1) is 0 Å². The van der Waals surface area contributed by atoms with E-state index in [-0.39, 0.29) is 60.3 Å². The normalized spacial score (nSPS) is 9.70. The molecular weight excluding hydrogens is 481 g/mol. The standard InChI is InChI=1S/C20H26I.6FH/c1-19(2,3)15-7-11-17(12-8-15)21-18-13-9-16(10-14-18)20(4,5)6;;;;;;/h7-14H,1-6H3;6*1H/q+1;;;;;;. The quantitative estimate of drug-likeness (QED) is 0.427. The Balaban J connectivity index is -0.000000269. The van der Waals surface area contributed by atoms with Gasteiger partial charge < -0.3 is 0 Å². The summed E-state index contributed by atoms with van der Waals surface area (Å²) in [6.45, 7) is 13.6. The minimum atomic E-state index is -0.0703. The van der Waals surface area contributed by atoms with Crippen molar-refractivity contribution in [3.05, 3.63) is 66.8 Å². The number of rotatable bonds is 2. The van der Waals surface area contributed by atoms with Gasteiger partial charge in [-0.25, -0.2) is 0 Å². The van der Waals surface area contributed by atoms with Crippen molar-refractivity contribution in [1.29, 1.82) is 0 Å². The maximum Gasteiger partial charge on any atom is 0.357 e. The Morgan fingerprint density at radius 1 is 0.444 bits per heavy atom. The maximum atomic E-state index is 2.31. The van der Waals surface area contributed by atoms with Gasteiger partial charge in [-0.05, 0) is 46.2 Å². The van der Waals surface area contributed by atoms with Gasteiger partial charge in [-0.1, -0.05) is 65.8 Å². The van der Waals surface area contributed by atoms with Crippen LogP contribution in [0.5, 0.6) is 0 Å². The molecule has 0 amide bonds. The van der Waals surface area contributed by atoms with Crippen molar-refractivity contribution >= 4 is 0 Å². The van der Waals surface area contributed by atoms with Crippen LogP contribution in [-0.4, -0.2) is 0 Å². The summed E-state index contributed by atoms with van der Waals surface area (Å²) in [5, 5.41) is 0. The highest BCUT2D eigenvalue weighted by Crippen LogP contribution is 2.21. The molecule has 2 aromatic carbocycles. The molecule has 7 heteroatoms. The summed E-state index contributed by atoms with van der Waals surface area (Å²) in [4.78, 5) is 0. The lowest BCUT2D eigenvalue weighted by atomic mass is 9.87. The molecule has 0 fully saturated rings. The Morgan fingerprint density at radius 2 is 0.667 bits per heavy atom. The van der Waals surface area contributed by atoms with Crippen molar-refractivity contribution < 1.29 is 49.4 Å². The molecule has 0 aliphatic carbocycles. The van der Waals surface area contributed by atoms with Crippen LogP contribution in [0.15, 0.2) is 48.5 Å². The highest BCUT2D eigenvalue weighted by atomic mass is 127. The van der Waals surface area contributed by atoms with Gasteiger partial charge in [-0.15, -0.1) is 0 Å². The summed E-state index contributed by atoms with van der Waals surface area (Å²) in [6, 6.07) is 18.4. The van der Waals surface area contributed by atoms with E-state index in [0.717, 1.165) is 0 Å². The molecule has 0 aliphatic heterocycles. The van der Waals surface area contributed by atoms with E-state index in [0.29, 0.717) is 0 Å². The zero-order valence-corrected chi connectivity index (χ0v) is 18.6. The molecule has 2 rings (SSSR count). The molecule has 0 bridgehead atoms. The predicted octanol–water partition coefficient (Wildman–Crippen LogP) is 3.33. The first kappa shape index (κ1) is 36.6. The van der Waals surface area contributed by atoms with Crippen LogP contribution in [0.1, 0.15) is 52.7 Å². The fourth-order valence-electron chi connectivity index (χ4n) is 2.15. The van der Waals surface area contributed by atoms with Crippen LogP contribution in [-0.2, 0) is 10.8 Å². The van der Waals surface area contributed by atoms with Gasteiger partial charge >= 0.3 is 21.2 Å². The van der Waals surface area contributed by atoms with Crippen molar-refractivity contribution in [2.24, 2.45) is 0 Å². The Bertz CT molecular complexity index is 543. The third kappa shape index (κ3) is 10.6. The third-order valence-corrected chi connectivity index (χ3v) is 6.32. The van der Waals surface area contributed by atoms with Crippen molar-refractivity contribution in [2.75, 3.05) is 0 Å². The molecule has 0 saturated carbocycles. The minimum Gasteiger partial charge on any atom is -0.269 e. The first-order valence-corrected chi connectivity index (χ1v) is 9.68. The fourth-order valence-corrected chi connectivity index (χ4v) is 4.31. The molecule has 0 nitrogen and oxygen atoms in total. The molecule has 0 aliphatic rings. The minimum absolute atomic E-state index is 0. The van der Waals surface area contributed by atoms with Crippen molar-refractivity contribution in [1.82, 2.24) is 0 Å². The number of hydrogen-bond acceptors (Lipinski definition) is 0. The van der Waals surface area contributed by atoms with Gasteiger partial charge in [0.2, 0.25) is 0 Å². The first-order valence-electron chi connectivity index (χ1n) is 7.52. The summed E-state index contributed by atoms with van der Waals surface area (Å²) >= 11 is -0.0703. The molecule has 0 unspecified atom stereocenters. The van der Waals surface area contributed by atoms with Crippen molar-refractivity contribution in [3.8, 4) is 0 Å². The van der Waals surface area contributed by atoms with Crippen LogP contribution < -0.4 is 21.2 Å². The second kappa shape index (κ2) is 13.8. The van der Waals surface area contributed by atoms with Crippen LogP contribution in [0, 0.1) is 7.14 Å². The van der Waals surface area contributed by atoms with Crippen LogP contribution in [0.4, 0.5) is 28.2 Å². The average molecular weight is 513 g/mol. The van der Waals surface area contributed by atoms with E-state index in [9.17, 15) is 0 Å². The molecule has 0 N–H and O–H groups in total. The molecule has 160 valence electrons. The summed E-state index contributed by atoms with van der Waals surface area (Å²) in [5.41, 5.74) is 3.31. The molecule has 2 aromatic rings. The van der Waals surface area contributed by atoms with E-state index in [1.807, 2.05) is 0 Å². The van der Waals surface area contributed by atoms with Gasteiger partial charge in [0.25, 0.3) is 0 Å². The second-order valence-corrected chi connectivity index (χ2v) is 10.6. The topological polar surface area (TPSA) is 0 Å². The van der Waals surface area contributed by atoms with Crippen LogP contribution in [0.3, 0.4) is 0 Å². The zero-order valence-electron chi connectivity index (χ0n) is 16.4. The van der Waals surface area contributed by atoms with Crippen molar-refractivity contribution in [2.45, 2.75) is 52.4 Å². The van der Waals surface area contributed by atoms with E-state index in [1.54, 1.807) is 0 Å². The third-order valence-electron chi connectivity index (χ3n) is 3.64. The largest absolute Gasteiger partial charge is 0.357 e. The smallest absolute Gasteiger partial charge is 0.269 e. The number of halogens is 7. The Morgan fingerprint density at radius 3 is 0.852 bits per heavy atom. The van der Waals surface area contributed by atoms with Gasteiger partial charge in [0.15, 0.2) is 7.14 Å². The summed E-state index contributed by atoms with van der Waals surface area (Å²) in [7, 11) is 0. The van der Waals surface area contributed by atoms with Gasteiger partial charge in [-0.2, -0.15) is 0 Å². The summed E-state index contributed by atoms with van der Waals surface area (Å²) < 4.78 is 2.98. The van der Waals surface area contributed by atoms with Crippen LogP contribution >= 0.6 is 0 Å². The molecule has 0 radical (unpaired) electrons. The van der Waals surface area contributed by atoms with E-state index < -0.39 is 0 Å². The summed E-state index contributed by atoms with van der Waals surface area (Å²) in [5.74, 6) is 0. The van der Waals surface area contributed by atoms with E-state index in [2.05, 4.69) is 90.1 Å². The van der Waals surface area contributed by atoms with E-state index in [4.69, 9.17) is 0 Å². The van der Waals surface area contributed by atoms with Crippen LogP contribution in [0.2, 0.25) is 0 Å². The number of benzene rings is 2. The Hall–Kier alpha value is -1.25. The Labute approximate surface area is 168 Å². The lowest BCUT2D eigenvalue weighted by molar-refractivity contribution is -0.597. The summed E-state index contributed by atoms with van der Waals surface area (Å²) in [6.07, 6.45) is 0. The molecule has 0 spiro atoms. The van der Waals surface area contributed by atoms with Gasteiger partial charge in [-0.3, -0.25) is 28.2 Å². The molecule has 0 aromatic heterocycles. The lowest BCUT2D eigenvalue weighted by Crippen LogP contribution is -3.61. The monoisotopic (exact) mass is 513 g/mol. The second-order valence-electron chi connectivity index (χ2n) is 7.61. The number of hydrogen-bond donors (Lipinski definition) is 0. The Kier molecular flexibility index (Phi) is 18.8. The van der Waals surface area contributed by atoms with Crippen molar-refractivity contribution in [3.63, 3.8) is 0 Å². The van der Waals surface area contributed by atoms with E-state index >= 15 is 0 Å².